The Balaban J connectivity index is 1.70. The largest absolute Gasteiger partial charge is 0.393 e. The van der Waals surface area contributed by atoms with Gasteiger partial charge < -0.3 is 10.2 Å². The quantitative estimate of drug-likeness (QED) is 0.528. The Morgan fingerprint density at radius 2 is 1.86 bits per heavy atom. The molecule has 0 amide bonds. The van der Waals surface area contributed by atoms with Crippen molar-refractivity contribution in [2.24, 2.45) is 29.1 Å². The third kappa shape index (κ3) is 5.07. The van der Waals surface area contributed by atoms with E-state index in [9.17, 15) is 10.2 Å². The van der Waals surface area contributed by atoms with Crippen molar-refractivity contribution in [3.63, 3.8) is 0 Å². The van der Waals surface area contributed by atoms with E-state index in [1.165, 1.54) is 43.3 Å². The Morgan fingerprint density at radius 3 is 2.59 bits per heavy atom. The molecule has 4 unspecified atom stereocenters. The van der Waals surface area contributed by atoms with Crippen LogP contribution in [0.1, 0.15) is 91.9 Å². The number of hydrogen-bond acceptors (Lipinski definition) is 2. The van der Waals surface area contributed by atoms with Crippen molar-refractivity contribution in [2.75, 3.05) is 0 Å². The molecule has 6 atom stereocenters. The third-order valence-corrected chi connectivity index (χ3v) is 8.60. The third-order valence-electron chi connectivity index (χ3n) is 8.60. The monoisotopic (exact) mass is 400 g/mol. The van der Waals surface area contributed by atoms with Gasteiger partial charge in [0, 0.05) is 0 Å². The van der Waals surface area contributed by atoms with Crippen LogP contribution in [0.4, 0.5) is 0 Å². The van der Waals surface area contributed by atoms with Gasteiger partial charge in [-0.05, 0) is 98.9 Å². The van der Waals surface area contributed by atoms with Gasteiger partial charge in [-0.1, -0.05) is 57.6 Å². The summed E-state index contributed by atoms with van der Waals surface area (Å²) in [6.45, 7) is 13.4. The van der Waals surface area contributed by atoms with E-state index in [1.807, 2.05) is 0 Å². The van der Waals surface area contributed by atoms with Gasteiger partial charge in [-0.25, -0.2) is 0 Å². The molecule has 164 valence electrons. The Morgan fingerprint density at radius 1 is 1.10 bits per heavy atom. The van der Waals surface area contributed by atoms with Gasteiger partial charge >= 0.3 is 0 Å². The number of aliphatic hydroxyl groups is 2. The highest BCUT2D eigenvalue weighted by Gasteiger charge is 2.50. The number of allylic oxidation sites excluding steroid dienone is 4. The zero-order valence-corrected chi connectivity index (χ0v) is 19.3. The first-order chi connectivity index (χ1) is 13.7. The van der Waals surface area contributed by atoms with E-state index >= 15 is 0 Å². The molecule has 0 spiro atoms. The number of fused-ring (bicyclic) bond motifs is 1. The van der Waals surface area contributed by atoms with Crippen LogP contribution < -0.4 is 0 Å². The van der Waals surface area contributed by atoms with Gasteiger partial charge in [0.05, 0.1) is 12.2 Å². The summed E-state index contributed by atoms with van der Waals surface area (Å²) in [7, 11) is 0. The normalized spacial score (nSPS) is 37.9. The second-order valence-electron chi connectivity index (χ2n) is 10.9. The van der Waals surface area contributed by atoms with Gasteiger partial charge in [0.1, 0.15) is 0 Å². The fraction of sp³-hybridized carbons (Fsp3) is 0.778. The molecule has 2 nitrogen and oxygen atoms in total. The van der Waals surface area contributed by atoms with E-state index in [1.54, 1.807) is 5.57 Å². The molecule has 29 heavy (non-hydrogen) atoms. The standard InChI is InChI=1S/C27H44O2/c1-18(2)26(29)15-9-20(4)24-13-14-25-21(7-6-16-27(24,25)5)10-11-22-17-23(28)12-8-19(22)3/h10-11,18,20,23-26,28-29H,3,6-9,12-17H2,1-2,4-5H3/b21-10-,22-11+/t20?,23-,24+,25?,26?,27?/m0/s1. The maximum Gasteiger partial charge on any atom is 0.0583 e. The molecule has 0 radical (unpaired) electrons. The molecule has 0 aromatic heterocycles. The molecule has 3 rings (SSSR count). The summed E-state index contributed by atoms with van der Waals surface area (Å²) in [5.41, 5.74) is 4.52. The van der Waals surface area contributed by atoms with Crippen LogP contribution in [0.3, 0.4) is 0 Å². The van der Waals surface area contributed by atoms with Crippen LogP contribution in [0.15, 0.2) is 35.5 Å². The highest BCUT2D eigenvalue weighted by molar-refractivity contribution is 5.36. The topological polar surface area (TPSA) is 40.5 Å². The summed E-state index contributed by atoms with van der Waals surface area (Å²) >= 11 is 0. The van der Waals surface area contributed by atoms with Gasteiger partial charge in [0.2, 0.25) is 0 Å². The Hall–Kier alpha value is -0.860. The predicted molar refractivity (Wildman–Crippen MR) is 123 cm³/mol. The first-order valence-electron chi connectivity index (χ1n) is 12.2. The van der Waals surface area contributed by atoms with Crippen LogP contribution in [-0.4, -0.2) is 22.4 Å². The maximum absolute atomic E-state index is 10.3. The maximum atomic E-state index is 10.3. The lowest BCUT2D eigenvalue weighted by atomic mass is 9.60. The van der Waals surface area contributed by atoms with Gasteiger partial charge in [-0.2, -0.15) is 0 Å². The van der Waals surface area contributed by atoms with Crippen molar-refractivity contribution in [1.29, 1.82) is 0 Å². The van der Waals surface area contributed by atoms with E-state index < -0.39 is 0 Å². The first kappa shape index (κ1) is 22.8. The molecule has 0 saturated heterocycles. The predicted octanol–water partition coefficient (Wildman–Crippen LogP) is 6.59. The molecule has 0 heterocycles. The second-order valence-corrected chi connectivity index (χ2v) is 10.9. The van der Waals surface area contributed by atoms with E-state index in [-0.39, 0.29) is 12.2 Å². The second kappa shape index (κ2) is 9.52. The molecule has 0 aliphatic heterocycles. The van der Waals surface area contributed by atoms with Gasteiger partial charge in [0.15, 0.2) is 0 Å². The molecule has 2 heteroatoms. The van der Waals surface area contributed by atoms with Crippen LogP contribution in [-0.2, 0) is 0 Å². The van der Waals surface area contributed by atoms with Crippen LogP contribution in [0.5, 0.6) is 0 Å². The molecule has 0 bridgehead atoms. The summed E-state index contributed by atoms with van der Waals surface area (Å²) < 4.78 is 0. The highest BCUT2D eigenvalue weighted by Crippen LogP contribution is 2.59. The van der Waals surface area contributed by atoms with Gasteiger partial charge in [-0.15, -0.1) is 0 Å². The zero-order chi connectivity index (χ0) is 21.2. The molecule has 0 aromatic rings. The molecule has 3 saturated carbocycles. The summed E-state index contributed by atoms with van der Waals surface area (Å²) in [5, 5.41) is 20.3. The minimum Gasteiger partial charge on any atom is -0.393 e. The average Bonchev–Trinajstić information content (AvgIpc) is 3.04. The first-order valence-corrected chi connectivity index (χ1v) is 12.2. The van der Waals surface area contributed by atoms with E-state index in [4.69, 9.17) is 0 Å². The van der Waals surface area contributed by atoms with Crippen molar-refractivity contribution >= 4 is 0 Å². The van der Waals surface area contributed by atoms with Crippen LogP contribution in [0, 0.1) is 29.1 Å². The van der Waals surface area contributed by atoms with E-state index in [0.717, 1.165) is 38.0 Å². The summed E-state index contributed by atoms with van der Waals surface area (Å²) in [4.78, 5) is 0. The fourth-order valence-corrected chi connectivity index (χ4v) is 6.58. The smallest absolute Gasteiger partial charge is 0.0583 e. The molecule has 2 N–H and O–H groups in total. The van der Waals surface area contributed by atoms with Crippen molar-refractivity contribution in [3.8, 4) is 0 Å². The molecule has 0 aromatic carbocycles. The van der Waals surface area contributed by atoms with Crippen molar-refractivity contribution in [3.05, 3.63) is 35.5 Å². The van der Waals surface area contributed by atoms with Crippen molar-refractivity contribution in [1.82, 2.24) is 0 Å². The number of hydrogen-bond donors (Lipinski definition) is 2. The van der Waals surface area contributed by atoms with Crippen molar-refractivity contribution < 1.29 is 10.2 Å². The molecule has 3 fully saturated rings. The van der Waals surface area contributed by atoms with E-state index in [0.29, 0.717) is 23.2 Å². The lowest BCUT2D eigenvalue weighted by molar-refractivity contribution is 0.0717. The summed E-state index contributed by atoms with van der Waals surface area (Å²) in [6.07, 6.45) is 15.5. The molecule has 3 aliphatic carbocycles. The fourth-order valence-electron chi connectivity index (χ4n) is 6.58. The summed E-state index contributed by atoms with van der Waals surface area (Å²) in [5.74, 6) is 2.52. The van der Waals surface area contributed by atoms with Gasteiger partial charge in [-0.3, -0.25) is 0 Å². The number of aliphatic hydroxyl groups excluding tert-OH is 2. The van der Waals surface area contributed by atoms with Crippen LogP contribution in [0.2, 0.25) is 0 Å². The minimum absolute atomic E-state index is 0.158. The van der Waals surface area contributed by atoms with Crippen LogP contribution in [0.25, 0.3) is 0 Å². The minimum atomic E-state index is -0.195. The molecular weight excluding hydrogens is 356 g/mol. The summed E-state index contributed by atoms with van der Waals surface area (Å²) in [6, 6.07) is 0. The molecular formula is C27H44O2. The van der Waals surface area contributed by atoms with Gasteiger partial charge in [0.25, 0.3) is 0 Å². The van der Waals surface area contributed by atoms with Crippen LogP contribution >= 0.6 is 0 Å². The average molecular weight is 401 g/mol. The Labute approximate surface area is 179 Å². The van der Waals surface area contributed by atoms with Crippen molar-refractivity contribution in [2.45, 2.75) is 104 Å². The zero-order valence-electron chi connectivity index (χ0n) is 19.3. The Kier molecular flexibility index (Phi) is 7.49. The molecule has 3 aliphatic rings. The lowest BCUT2D eigenvalue weighted by Gasteiger charge is -2.44. The number of rotatable bonds is 6. The SMILES string of the molecule is C=C1CC[C@H](O)C/C1=C\C=C1\CCCC2(C)C1CC[C@@H]2C(C)CCC(O)C(C)C. The van der Waals surface area contributed by atoms with E-state index in [2.05, 4.69) is 46.4 Å². The lowest BCUT2D eigenvalue weighted by Crippen LogP contribution is -2.36. The Bertz CT molecular complexity index is 643. The highest BCUT2D eigenvalue weighted by atomic mass is 16.3.